The van der Waals surface area contributed by atoms with E-state index in [-0.39, 0.29) is 56.6 Å². The Bertz CT molecular complexity index is 1590. The number of hydrogen-bond acceptors (Lipinski definition) is 8. The van der Waals surface area contributed by atoms with Crippen molar-refractivity contribution in [1.29, 1.82) is 0 Å². The third-order valence-electron chi connectivity index (χ3n) is 9.78. The van der Waals surface area contributed by atoms with Crippen LogP contribution < -0.4 is 21.5 Å². The van der Waals surface area contributed by atoms with Crippen molar-refractivity contribution in [3.8, 4) is 0 Å². The molecule has 0 unspecified atom stereocenters. The highest BCUT2D eigenvalue weighted by Gasteiger charge is 2.61. The first-order valence-corrected chi connectivity index (χ1v) is 17.3. The minimum Gasteiger partial charge on any atom is -0.444 e. The molecule has 3 aliphatic heterocycles. The van der Waals surface area contributed by atoms with Crippen LogP contribution in [-0.4, -0.2) is 81.5 Å². The van der Waals surface area contributed by atoms with E-state index in [2.05, 4.69) is 21.5 Å². The number of hydrogen-bond donors (Lipinski definition) is 4. The van der Waals surface area contributed by atoms with E-state index in [4.69, 9.17) is 9.47 Å². The average molecular weight is 697 g/mol. The summed E-state index contributed by atoms with van der Waals surface area (Å²) in [4.78, 5) is 82.8. The highest BCUT2D eigenvalue weighted by molar-refractivity contribution is 5.99. The standard InChI is InChI=1S/C35H45FN6O8/c1-34(2,3)50-32(47)37-26-12-7-5-4-6-10-22-16-35(22,31(46)40-39-28(43)20-13-14-20)38-29(44)27-15-23(18-42(27)30(26)45)49-33(48)41-17-21-9-8-11-25(36)24(21)19-41/h6,8-11,20,22-23,26-27H,4-5,7,12-19H2,1-3H3,(H,37,47)(H,38,44)(H,39,43)(H,40,46)/b10-6-/t22-,23-,26+,27+,35-/m1/s1. The first-order valence-electron chi connectivity index (χ1n) is 17.3. The third-order valence-corrected chi connectivity index (χ3v) is 9.78. The Balaban J connectivity index is 1.22. The number of ether oxygens (including phenoxy) is 2. The molecule has 6 rings (SSSR count). The van der Waals surface area contributed by atoms with Gasteiger partial charge in [0, 0.05) is 30.4 Å². The Morgan fingerprint density at radius 3 is 2.54 bits per heavy atom. The lowest BCUT2D eigenvalue weighted by atomic mass is 10.0. The molecule has 0 aromatic heterocycles. The van der Waals surface area contributed by atoms with Gasteiger partial charge < -0.3 is 25.0 Å². The highest BCUT2D eigenvalue weighted by atomic mass is 19.1. The predicted molar refractivity (Wildman–Crippen MR) is 175 cm³/mol. The summed E-state index contributed by atoms with van der Waals surface area (Å²) in [5.74, 6) is -2.97. The number of halogens is 1. The molecular weight excluding hydrogens is 651 g/mol. The van der Waals surface area contributed by atoms with Crippen molar-refractivity contribution in [2.75, 3.05) is 6.54 Å². The van der Waals surface area contributed by atoms with Gasteiger partial charge in [0.2, 0.25) is 17.7 Å². The smallest absolute Gasteiger partial charge is 0.410 e. The van der Waals surface area contributed by atoms with Crippen LogP contribution in [0, 0.1) is 17.7 Å². The summed E-state index contributed by atoms with van der Waals surface area (Å²) in [5.41, 5.74) is 3.82. The number of amides is 6. The van der Waals surface area contributed by atoms with Gasteiger partial charge in [0.1, 0.15) is 35.1 Å². The lowest BCUT2D eigenvalue weighted by molar-refractivity contribution is -0.141. The second kappa shape index (κ2) is 13.9. The van der Waals surface area contributed by atoms with Crippen LogP contribution in [0.4, 0.5) is 14.0 Å². The summed E-state index contributed by atoms with van der Waals surface area (Å²) < 4.78 is 25.6. The number of benzene rings is 1. The SMILES string of the molecule is CC(C)(C)OC(=O)N[C@H]1CCCC/C=C\[C@@H]2C[C@@]2(C(=O)NNC(=O)C2CC2)NC(=O)[C@@H]2C[C@@H](OC(=O)N3Cc4cccc(F)c4C3)CN2C1=O. The maximum Gasteiger partial charge on any atom is 0.410 e. The normalized spacial score (nSPS) is 28.6. The van der Waals surface area contributed by atoms with E-state index in [1.54, 1.807) is 32.9 Å². The van der Waals surface area contributed by atoms with Gasteiger partial charge in [-0.15, -0.1) is 0 Å². The lowest BCUT2D eigenvalue weighted by Gasteiger charge is -2.30. The van der Waals surface area contributed by atoms with Crippen LogP contribution in [0.25, 0.3) is 0 Å². The topological polar surface area (TPSA) is 175 Å². The highest BCUT2D eigenvalue weighted by Crippen LogP contribution is 2.45. The largest absolute Gasteiger partial charge is 0.444 e. The number of fused-ring (bicyclic) bond motifs is 3. The Hall–Kier alpha value is -4.69. The summed E-state index contributed by atoms with van der Waals surface area (Å²) in [6.45, 7) is 5.13. The van der Waals surface area contributed by atoms with Gasteiger partial charge in [-0.1, -0.05) is 30.7 Å². The number of carbonyl (C=O) groups is 6. The number of hydrazine groups is 1. The Morgan fingerprint density at radius 1 is 1.04 bits per heavy atom. The second-order valence-electron chi connectivity index (χ2n) is 14.9. The van der Waals surface area contributed by atoms with Crippen LogP contribution in [0.2, 0.25) is 0 Å². The molecule has 0 radical (unpaired) electrons. The van der Waals surface area contributed by atoms with Crippen LogP contribution in [0.15, 0.2) is 30.4 Å². The van der Waals surface area contributed by atoms with E-state index < -0.39 is 65.1 Å². The minimum atomic E-state index is -1.36. The third kappa shape index (κ3) is 7.86. The van der Waals surface area contributed by atoms with Crippen LogP contribution in [-0.2, 0) is 41.7 Å². The molecule has 15 heteroatoms. The van der Waals surface area contributed by atoms with Crippen LogP contribution in [0.1, 0.15) is 83.3 Å². The number of nitrogens with zero attached hydrogens (tertiary/aromatic N) is 2. The zero-order valence-corrected chi connectivity index (χ0v) is 28.6. The monoisotopic (exact) mass is 696 g/mol. The summed E-state index contributed by atoms with van der Waals surface area (Å²) in [7, 11) is 0. The molecule has 1 aromatic carbocycles. The van der Waals surface area contributed by atoms with Crippen molar-refractivity contribution in [1.82, 2.24) is 31.3 Å². The molecule has 3 fully saturated rings. The van der Waals surface area contributed by atoms with Gasteiger partial charge in [-0.2, -0.15) is 0 Å². The molecular formula is C35H45FN6O8. The molecule has 0 spiro atoms. The first-order chi connectivity index (χ1) is 23.7. The van der Waals surface area contributed by atoms with Crippen LogP contribution in [0.5, 0.6) is 0 Å². The molecule has 5 aliphatic rings. The molecule has 5 atom stereocenters. The molecule has 6 amide bonds. The van der Waals surface area contributed by atoms with Crippen LogP contribution in [0.3, 0.4) is 0 Å². The lowest BCUT2D eigenvalue weighted by Crippen LogP contribution is -2.59. The maximum absolute atomic E-state index is 14.4. The van der Waals surface area contributed by atoms with Gasteiger partial charge in [0.05, 0.1) is 13.1 Å². The molecule has 3 heterocycles. The van der Waals surface area contributed by atoms with Crippen molar-refractivity contribution in [2.45, 2.75) is 115 Å². The van der Waals surface area contributed by atoms with E-state index in [1.807, 2.05) is 12.2 Å². The first kappa shape index (κ1) is 35.1. The molecule has 0 bridgehead atoms. The van der Waals surface area contributed by atoms with E-state index in [9.17, 15) is 33.2 Å². The van der Waals surface area contributed by atoms with Crippen molar-refractivity contribution in [2.24, 2.45) is 11.8 Å². The molecule has 1 saturated heterocycles. The Labute approximate surface area is 289 Å². The van der Waals surface area contributed by atoms with E-state index in [0.717, 1.165) is 12.8 Å². The van der Waals surface area contributed by atoms with Crippen molar-refractivity contribution in [3.63, 3.8) is 0 Å². The molecule has 2 saturated carbocycles. The number of rotatable bonds is 4. The van der Waals surface area contributed by atoms with E-state index >= 15 is 0 Å². The number of allylic oxidation sites excluding steroid dienone is 1. The number of carbonyl (C=O) groups excluding carboxylic acids is 6. The molecule has 1 aromatic rings. The summed E-state index contributed by atoms with van der Waals surface area (Å²) in [6.07, 6.45) is 5.27. The molecule has 4 N–H and O–H groups in total. The van der Waals surface area contributed by atoms with Gasteiger partial charge in [0.25, 0.3) is 5.91 Å². The fourth-order valence-corrected chi connectivity index (χ4v) is 6.84. The summed E-state index contributed by atoms with van der Waals surface area (Å²) >= 11 is 0. The van der Waals surface area contributed by atoms with E-state index in [1.165, 1.54) is 15.9 Å². The van der Waals surface area contributed by atoms with E-state index in [0.29, 0.717) is 30.4 Å². The molecule has 270 valence electrons. The van der Waals surface area contributed by atoms with Gasteiger partial charge in [-0.25, -0.2) is 14.0 Å². The van der Waals surface area contributed by atoms with Gasteiger partial charge in [0.15, 0.2) is 0 Å². The summed E-state index contributed by atoms with van der Waals surface area (Å²) in [6, 6.07) is 2.44. The van der Waals surface area contributed by atoms with Gasteiger partial charge >= 0.3 is 12.2 Å². The zero-order valence-electron chi connectivity index (χ0n) is 28.6. The zero-order chi connectivity index (χ0) is 35.8. The van der Waals surface area contributed by atoms with Gasteiger partial charge in [-0.05, 0) is 70.9 Å². The average Bonchev–Trinajstić information content (AvgIpc) is 3.92. The maximum atomic E-state index is 14.4. The van der Waals surface area contributed by atoms with Crippen molar-refractivity contribution < 1.29 is 42.6 Å². The second-order valence-corrected chi connectivity index (χ2v) is 14.9. The van der Waals surface area contributed by atoms with Gasteiger partial charge in [-0.3, -0.25) is 34.9 Å². The number of alkyl carbamates (subject to hydrolysis) is 1. The molecule has 2 aliphatic carbocycles. The summed E-state index contributed by atoms with van der Waals surface area (Å²) in [5, 5.41) is 5.54. The van der Waals surface area contributed by atoms with Crippen molar-refractivity contribution in [3.05, 3.63) is 47.3 Å². The number of nitrogens with one attached hydrogen (secondary N) is 4. The fraction of sp³-hybridized carbons (Fsp3) is 0.600. The Morgan fingerprint density at radius 2 is 1.82 bits per heavy atom. The Kier molecular flexibility index (Phi) is 9.78. The molecule has 14 nitrogen and oxygen atoms in total. The van der Waals surface area contributed by atoms with Crippen LogP contribution >= 0.6 is 0 Å². The van der Waals surface area contributed by atoms with Crippen molar-refractivity contribution >= 4 is 35.8 Å². The minimum absolute atomic E-state index is 0.0197. The fourth-order valence-electron chi connectivity index (χ4n) is 6.84. The predicted octanol–water partition coefficient (Wildman–Crippen LogP) is 2.70. The molecule has 50 heavy (non-hydrogen) atoms. The quantitative estimate of drug-likeness (QED) is 0.275.